The molecular weight excluding hydrogens is 312 g/mol. The number of carbonyl (C=O) groups excluding carboxylic acids is 1. The first-order valence-electron chi connectivity index (χ1n) is 10.2. The van der Waals surface area contributed by atoms with E-state index in [1.54, 1.807) is 0 Å². The minimum Gasteiger partial charge on any atom is -0.423 e. The summed E-state index contributed by atoms with van der Waals surface area (Å²) in [6.07, 6.45) is 17.1. The predicted octanol–water partition coefficient (Wildman–Crippen LogP) is 6.33. The number of fused-ring (bicyclic) bond motifs is 5. The summed E-state index contributed by atoms with van der Waals surface area (Å²) in [6.45, 7) is 10.0. The van der Waals surface area contributed by atoms with Crippen LogP contribution < -0.4 is 0 Å². The van der Waals surface area contributed by atoms with Crippen LogP contribution in [0.25, 0.3) is 0 Å². The van der Waals surface area contributed by atoms with E-state index in [4.69, 9.17) is 9.47 Å². The average Bonchev–Trinajstić information content (AvgIpc) is 3.16. The molecule has 3 aliphatic rings. The minimum absolute atomic E-state index is 0.0663. The summed E-state index contributed by atoms with van der Waals surface area (Å²) >= 11 is 0. The molecule has 1 aliphatic heterocycles. The molecule has 2 saturated carbocycles. The van der Waals surface area contributed by atoms with Crippen molar-refractivity contribution in [1.29, 1.82) is 0 Å². The van der Waals surface area contributed by atoms with Crippen LogP contribution in [0.3, 0.4) is 0 Å². The van der Waals surface area contributed by atoms with Crippen molar-refractivity contribution in [2.45, 2.75) is 95.2 Å². The van der Waals surface area contributed by atoms with Gasteiger partial charge in [-0.25, -0.2) is 4.79 Å². The summed E-state index contributed by atoms with van der Waals surface area (Å²) in [5.41, 5.74) is -0.823. The van der Waals surface area contributed by atoms with Crippen LogP contribution in [-0.2, 0) is 9.47 Å². The molecule has 3 nitrogen and oxygen atoms in total. The number of carbonyl (C=O) groups is 1. The summed E-state index contributed by atoms with van der Waals surface area (Å²) in [5, 5.41) is 0. The highest BCUT2D eigenvalue weighted by molar-refractivity contribution is 5.66. The Kier molecular flexibility index (Phi) is 5.31. The van der Waals surface area contributed by atoms with Crippen LogP contribution in [0.1, 0.15) is 84.0 Å². The maximum Gasteiger partial charge on any atom is 0.509 e. The van der Waals surface area contributed by atoms with E-state index in [-0.39, 0.29) is 5.41 Å². The molecule has 2 bridgehead atoms. The molecule has 1 saturated heterocycles. The van der Waals surface area contributed by atoms with Crippen molar-refractivity contribution >= 4 is 6.16 Å². The van der Waals surface area contributed by atoms with Gasteiger partial charge in [0.05, 0.1) is 0 Å². The zero-order chi connectivity index (χ0) is 18.0. The van der Waals surface area contributed by atoms with Gasteiger partial charge in [0, 0.05) is 17.8 Å². The molecule has 4 atom stereocenters. The van der Waals surface area contributed by atoms with E-state index in [1.807, 2.05) is 12.2 Å². The van der Waals surface area contributed by atoms with E-state index >= 15 is 0 Å². The van der Waals surface area contributed by atoms with Gasteiger partial charge in [-0.3, -0.25) is 0 Å². The highest BCUT2D eigenvalue weighted by atomic mass is 16.8. The number of ether oxygens (including phenoxy) is 2. The molecular formula is C22H34O3. The van der Waals surface area contributed by atoms with Crippen molar-refractivity contribution in [3.63, 3.8) is 0 Å². The number of allylic oxidation sites excluding steroid dienone is 1. The second kappa shape index (κ2) is 7.17. The van der Waals surface area contributed by atoms with Gasteiger partial charge in [0.25, 0.3) is 0 Å². The second-order valence-corrected chi connectivity index (χ2v) is 8.61. The summed E-state index contributed by atoms with van der Waals surface area (Å²) in [7, 11) is 0. The van der Waals surface area contributed by atoms with E-state index in [0.29, 0.717) is 5.92 Å². The molecule has 3 fully saturated rings. The Balaban J connectivity index is 1.62. The number of hydrogen-bond donors (Lipinski definition) is 0. The lowest BCUT2D eigenvalue weighted by molar-refractivity contribution is -0.124. The molecule has 0 amide bonds. The van der Waals surface area contributed by atoms with Crippen LogP contribution >= 0.6 is 0 Å². The maximum absolute atomic E-state index is 12.2. The van der Waals surface area contributed by atoms with Crippen molar-refractivity contribution in [3.05, 3.63) is 25.3 Å². The molecule has 0 radical (unpaired) electrons. The fourth-order valence-electron chi connectivity index (χ4n) is 6.06. The molecule has 0 N–H and O–H groups in total. The van der Waals surface area contributed by atoms with E-state index in [0.717, 1.165) is 44.9 Å². The van der Waals surface area contributed by atoms with Gasteiger partial charge in [0.1, 0.15) is 0 Å². The molecule has 1 heterocycles. The van der Waals surface area contributed by atoms with Gasteiger partial charge in [-0.15, -0.1) is 13.2 Å². The lowest BCUT2D eigenvalue weighted by Crippen LogP contribution is -2.59. The van der Waals surface area contributed by atoms with Gasteiger partial charge in [0.15, 0.2) is 11.2 Å². The van der Waals surface area contributed by atoms with Gasteiger partial charge >= 0.3 is 6.16 Å². The predicted molar refractivity (Wildman–Crippen MR) is 100 cm³/mol. The maximum atomic E-state index is 12.2. The summed E-state index contributed by atoms with van der Waals surface area (Å²) in [4.78, 5) is 12.2. The number of unbranched alkanes of at least 4 members (excludes halogenated alkanes) is 6. The van der Waals surface area contributed by atoms with Gasteiger partial charge in [-0.1, -0.05) is 44.8 Å². The lowest BCUT2D eigenvalue weighted by atomic mass is 9.62. The van der Waals surface area contributed by atoms with E-state index in [1.165, 1.54) is 32.1 Å². The molecule has 3 heteroatoms. The van der Waals surface area contributed by atoms with E-state index in [9.17, 15) is 4.79 Å². The van der Waals surface area contributed by atoms with Crippen molar-refractivity contribution in [2.75, 3.05) is 0 Å². The largest absolute Gasteiger partial charge is 0.509 e. The third-order valence-electron chi connectivity index (χ3n) is 7.22. The van der Waals surface area contributed by atoms with Crippen LogP contribution in [-0.4, -0.2) is 17.4 Å². The summed E-state index contributed by atoms with van der Waals surface area (Å²) < 4.78 is 11.9. The lowest BCUT2D eigenvalue weighted by Gasteiger charge is -2.48. The topological polar surface area (TPSA) is 35.5 Å². The third kappa shape index (κ3) is 2.84. The fourth-order valence-corrected chi connectivity index (χ4v) is 6.06. The quantitative estimate of drug-likeness (QED) is 0.249. The van der Waals surface area contributed by atoms with E-state index < -0.39 is 17.4 Å². The highest BCUT2D eigenvalue weighted by Crippen LogP contribution is 2.71. The molecule has 0 spiro atoms. The fraction of sp³-hybridized carbons (Fsp3) is 0.773. The van der Waals surface area contributed by atoms with Crippen molar-refractivity contribution in [3.8, 4) is 0 Å². The van der Waals surface area contributed by atoms with Crippen LogP contribution in [0.15, 0.2) is 25.3 Å². The Morgan fingerprint density at radius 1 is 1.08 bits per heavy atom. The molecule has 0 unspecified atom stereocenters. The average molecular weight is 347 g/mol. The highest BCUT2D eigenvalue weighted by Gasteiger charge is 2.79. The zero-order valence-electron chi connectivity index (χ0n) is 15.9. The van der Waals surface area contributed by atoms with Gasteiger partial charge in [-0.2, -0.15) is 0 Å². The van der Waals surface area contributed by atoms with Gasteiger partial charge < -0.3 is 9.47 Å². The number of rotatable bonds is 11. The van der Waals surface area contributed by atoms with Crippen LogP contribution in [0.4, 0.5) is 4.79 Å². The standard InChI is InChI=1S/C22H34O3/c1-4-6-7-8-9-10-11-12-15-22-20(3)16-13-18(17-20)21(22,14-5-2)24-19(23)25-22/h4-5,18H,1-2,6-17H2,3H3/t18-,20+,21+,22-/m0/s1. The molecule has 140 valence electrons. The van der Waals surface area contributed by atoms with Gasteiger partial charge in [0.2, 0.25) is 0 Å². The van der Waals surface area contributed by atoms with Crippen molar-refractivity contribution < 1.29 is 14.3 Å². The Hall–Kier alpha value is -1.25. The Morgan fingerprint density at radius 2 is 1.80 bits per heavy atom. The molecule has 3 rings (SSSR count). The monoisotopic (exact) mass is 346 g/mol. The third-order valence-corrected chi connectivity index (χ3v) is 7.22. The molecule has 0 aromatic carbocycles. The Bertz CT molecular complexity index is 527. The first-order chi connectivity index (χ1) is 12.0. The molecule has 2 aliphatic carbocycles. The zero-order valence-corrected chi connectivity index (χ0v) is 15.9. The minimum atomic E-state index is -0.456. The first-order valence-corrected chi connectivity index (χ1v) is 10.2. The molecule has 0 aromatic rings. The Labute approximate surface area is 152 Å². The van der Waals surface area contributed by atoms with Crippen molar-refractivity contribution in [2.24, 2.45) is 11.3 Å². The first kappa shape index (κ1) is 18.5. The summed E-state index contributed by atoms with van der Waals surface area (Å²) in [5.74, 6) is 0.431. The van der Waals surface area contributed by atoms with E-state index in [2.05, 4.69) is 20.1 Å². The smallest absolute Gasteiger partial charge is 0.423 e. The second-order valence-electron chi connectivity index (χ2n) is 8.61. The van der Waals surface area contributed by atoms with Crippen LogP contribution in [0, 0.1) is 11.3 Å². The van der Waals surface area contributed by atoms with Crippen LogP contribution in [0.5, 0.6) is 0 Å². The SMILES string of the molecule is C=CCCCCCCCC[C@@]12OC(=O)O[C@]1(CC=C)[C@H]1CC[C@]2(C)C1. The molecule has 25 heavy (non-hydrogen) atoms. The molecule has 0 aromatic heterocycles. The Morgan fingerprint density at radius 3 is 2.52 bits per heavy atom. The number of hydrogen-bond acceptors (Lipinski definition) is 3. The van der Waals surface area contributed by atoms with Crippen LogP contribution in [0.2, 0.25) is 0 Å². The van der Waals surface area contributed by atoms with Gasteiger partial charge in [-0.05, 0) is 44.9 Å². The normalized spacial score (nSPS) is 38.3. The summed E-state index contributed by atoms with van der Waals surface area (Å²) in [6, 6.07) is 0. The van der Waals surface area contributed by atoms with Crippen molar-refractivity contribution in [1.82, 2.24) is 0 Å².